The molecule has 0 unspecified atom stereocenters. The largest absolute Gasteiger partial charge is 0.277 e. The van der Waals surface area contributed by atoms with E-state index in [1.165, 1.54) is 22.3 Å². The van der Waals surface area contributed by atoms with Crippen molar-refractivity contribution in [1.29, 1.82) is 0 Å². The molecule has 2 nitrogen and oxygen atoms in total. The summed E-state index contributed by atoms with van der Waals surface area (Å²) < 4.78 is 0. The van der Waals surface area contributed by atoms with Crippen LogP contribution in [0.1, 0.15) is 0 Å². The van der Waals surface area contributed by atoms with Crippen molar-refractivity contribution in [2.45, 2.75) is 0 Å². The Bertz CT molecular complexity index is 1150. The molecule has 0 bridgehead atoms. The van der Waals surface area contributed by atoms with Crippen LogP contribution in [0.3, 0.4) is 0 Å². The Balaban J connectivity index is 1.76. The van der Waals surface area contributed by atoms with Gasteiger partial charge in [-0.3, -0.25) is 5.10 Å². The first-order chi connectivity index (χ1) is 13.4. The van der Waals surface area contributed by atoms with E-state index in [2.05, 4.69) is 95.1 Å². The van der Waals surface area contributed by atoms with E-state index in [4.69, 9.17) is 0 Å². The molecule has 2 heteroatoms. The van der Waals surface area contributed by atoms with Crippen LogP contribution in [-0.2, 0) is 0 Å². The van der Waals surface area contributed by atoms with Crippen LogP contribution in [-0.4, -0.2) is 10.2 Å². The molecule has 0 radical (unpaired) electrons. The predicted octanol–water partition coefficient (Wildman–Crippen LogP) is 6.56. The van der Waals surface area contributed by atoms with Crippen LogP contribution < -0.4 is 0 Å². The second-order valence-electron chi connectivity index (χ2n) is 6.65. The Hall–Kier alpha value is -3.65. The molecule has 0 atom stereocenters. The summed E-state index contributed by atoms with van der Waals surface area (Å²) in [4.78, 5) is 0. The highest BCUT2D eigenvalue weighted by atomic mass is 15.1. The highest BCUT2D eigenvalue weighted by Crippen LogP contribution is 2.34. The van der Waals surface area contributed by atoms with Crippen molar-refractivity contribution in [3.05, 3.63) is 103 Å². The Labute approximate surface area is 158 Å². The first kappa shape index (κ1) is 15.6. The number of benzene rings is 4. The average Bonchev–Trinajstić information content (AvgIpc) is 3.19. The molecule has 1 aromatic heterocycles. The average molecular weight is 346 g/mol. The molecule has 0 aliphatic rings. The number of hydrogen-bond donors (Lipinski definition) is 1. The fourth-order valence-electron chi connectivity index (χ4n) is 3.54. The molecule has 128 valence electrons. The Kier molecular flexibility index (Phi) is 3.80. The third kappa shape index (κ3) is 2.91. The lowest BCUT2D eigenvalue weighted by atomic mass is 9.94. The smallest absolute Gasteiger partial charge is 0.0999 e. The molecular weight excluding hydrogens is 328 g/mol. The minimum atomic E-state index is 0.987. The Morgan fingerprint density at radius 3 is 1.63 bits per heavy atom. The topological polar surface area (TPSA) is 28.7 Å². The van der Waals surface area contributed by atoms with Gasteiger partial charge in [-0.1, -0.05) is 78.9 Å². The Morgan fingerprint density at radius 2 is 1.00 bits per heavy atom. The van der Waals surface area contributed by atoms with E-state index in [1.54, 1.807) is 0 Å². The molecule has 0 fully saturated rings. The molecule has 0 spiro atoms. The van der Waals surface area contributed by atoms with Crippen molar-refractivity contribution in [2.24, 2.45) is 0 Å². The van der Waals surface area contributed by atoms with Gasteiger partial charge in [0, 0.05) is 10.9 Å². The number of nitrogens with one attached hydrogen (secondary N) is 1. The molecule has 0 aliphatic carbocycles. The van der Waals surface area contributed by atoms with Crippen molar-refractivity contribution in [3.8, 4) is 33.5 Å². The molecule has 5 aromatic rings. The van der Waals surface area contributed by atoms with Crippen LogP contribution in [0.2, 0.25) is 0 Å². The molecule has 0 saturated carbocycles. The standard InChI is InChI=1S/C25H18N2/c1-3-9-18(10-4-1)20-15-21(19-11-5-2-6-12-19)17-22(16-20)25-23-13-7-8-14-24(23)26-27-25/h1-17H,(H,26,27). The summed E-state index contributed by atoms with van der Waals surface area (Å²) in [5.74, 6) is 0. The van der Waals surface area contributed by atoms with Crippen molar-refractivity contribution in [2.75, 3.05) is 0 Å². The monoisotopic (exact) mass is 346 g/mol. The lowest BCUT2D eigenvalue weighted by Gasteiger charge is -2.10. The zero-order chi connectivity index (χ0) is 18.1. The third-order valence-electron chi connectivity index (χ3n) is 4.89. The quantitative estimate of drug-likeness (QED) is 0.393. The molecule has 4 aromatic carbocycles. The number of rotatable bonds is 3. The van der Waals surface area contributed by atoms with Gasteiger partial charge in [-0.25, -0.2) is 0 Å². The van der Waals surface area contributed by atoms with Crippen LogP contribution >= 0.6 is 0 Å². The van der Waals surface area contributed by atoms with E-state index in [0.29, 0.717) is 0 Å². The summed E-state index contributed by atoms with van der Waals surface area (Å²) in [5.41, 5.74) is 7.96. The second kappa shape index (κ2) is 6.58. The van der Waals surface area contributed by atoms with Gasteiger partial charge < -0.3 is 0 Å². The SMILES string of the molecule is c1ccc(-c2cc(-c3ccccc3)cc(-c3n[nH]c4ccccc34)c2)cc1. The summed E-state index contributed by atoms with van der Waals surface area (Å²) >= 11 is 0. The molecule has 0 aliphatic heterocycles. The first-order valence-corrected chi connectivity index (χ1v) is 9.08. The van der Waals surface area contributed by atoms with Crippen molar-refractivity contribution < 1.29 is 0 Å². The third-order valence-corrected chi connectivity index (χ3v) is 4.89. The van der Waals surface area contributed by atoms with Crippen LogP contribution in [0.25, 0.3) is 44.4 Å². The van der Waals surface area contributed by atoms with Gasteiger partial charge in [0.15, 0.2) is 0 Å². The number of H-pyrrole nitrogens is 1. The van der Waals surface area contributed by atoms with Gasteiger partial charge in [-0.15, -0.1) is 0 Å². The first-order valence-electron chi connectivity index (χ1n) is 9.08. The minimum Gasteiger partial charge on any atom is -0.277 e. The maximum absolute atomic E-state index is 4.61. The maximum atomic E-state index is 4.61. The summed E-state index contributed by atoms with van der Waals surface area (Å²) in [6.07, 6.45) is 0. The number of nitrogens with zero attached hydrogens (tertiary/aromatic N) is 1. The van der Waals surface area contributed by atoms with Gasteiger partial charge in [0.25, 0.3) is 0 Å². The highest BCUT2D eigenvalue weighted by Gasteiger charge is 2.11. The maximum Gasteiger partial charge on any atom is 0.0999 e. The molecular formula is C25H18N2. The summed E-state index contributed by atoms with van der Waals surface area (Å²) in [6, 6.07) is 36.0. The summed E-state index contributed by atoms with van der Waals surface area (Å²) in [6.45, 7) is 0. The van der Waals surface area contributed by atoms with Gasteiger partial charge in [0.05, 0.1) is 11.2 Å². The zero-order valence-corrected chi connectivity index (χ0v) is 14.8. The minimum absolute atomic E-state index is 0.987. The summed E-state index contributed by atoms with van der Waals surface area (Å²) in [5, 5.41) is 8.91. The van der Waals surface area contributed by atoms with Crippen LogP contribution in [0.4, 0.5) is 0 Å². The lowest BCUT2D eigenvalue weighted by molar-refractivity contribution is 1.12. The number of fused-ring (bicyclic) bond motifs is 1. The lowest BCUT2D eigenvalue weighted by Crippen LogP contribution is -1.86. The second-order valence-corrected chi connectivity index (χ2v) is 6.65. The summed E-state index contributed by atoms with van der Waals surface area (Å²) in [7, 11) is 0. The van der Waals surface area contributed by atoms with Crippen molar-refractivity contribution >= 4 is 10.9 Å². The van der Waals surface area contributed by atoms with Gasteiger partial charge in [-0.05, 0) is 46.5 Å². The fraction of sp³-hybridized carbons (Fsp3) is 0. The van der Waals surface area contributed by atoms with E-state index in [-0.39, 0.29) is 0 Å². The number of para-hydroxylation sites is 1. The number of hydrogen-bond acceptors (Lipinski definition) is 1. The van der Waals surface area contributed by atoms with Crippen molar-refractivity contribution in [1.82, 2.24) is 10.2 Å². The van der Waals surface area contributed by atoms with E-state index < -0.39 is 0 Å². The van der Waals surface area contributed by atoms with E-state index in [1.807, 2.05) is 18.2 Å². The predicted molar refractivity (Wildman–Crippen MR) is 112 cm³/mol. The molecule has 0 saturated heterocycles. The molecule has 1 N–H and O–H groups in total. The van der Waals surface area contributed by atoms with Crippen LogP contribution in [0.5, 0.6) is 0 Å². The highest BCUT2D eigenvalue weighted by molar-refractivity contribution is 5.94. The van der Waals surface area contributed by atoms with E-state index in [0.717, 1.165) is 22.2 Å². The zero-order valence-electron chi connectivity index (χ0n) is 14.8. The molecule has 1 heterocycles. The van der Waals surface area contributed by atoms with Crippen molar-refractivity contribution in [3.63, 3.8) is 0 Å². The van der Waals surface area contributed by atoms with E-state index >= 15 is 0 Å². The van der Waals surface area contributed by atoms with E-state index in [9.17, 15) is 0 Å². The van der Waals surface area contributed by atoms with Gasteiger partial charge >= 0.3 is 0 Å². The number of aromatic nitrogens is 2. The van der Waals surface area contributed by atoms with Crippen LogP contribution in [0.15, 0.2) is 103 Å². The van der Waals surface area contributed by atoms with Crippen LogP contribution in [0, 0.1) is 0 Å². The molecule has 5 rings (SSSR count). The Morgan fingerprint density at radius 1 is 0.481 bits per heavy atom. The van der Waals surface area contributed by atoms with Gasteiger partial charge in [0.1, 0.15) is 0 Å². The van der Waals surface area contributed by atoms with Gasteiger partial charge in [0.2, 0.25) is 0 Å². The van der Waals surface area contributed by atoms with Gasteiger partial charge in [-0.2, -0.15) is 5.10 Å². The fourth-order valence-corrected chi connectivity index (χ4v) is 3.54. The molecule has 0 amide bonds. The molecule has 27 heavy (non-hydrogen) atoms. The normalized spacial score (nSPS) is 11.0. The number of aromatic amines is 1.